The molecule has 3 aromatic carbocycles. The van der Waals surface area contributed by atoms with Crippen LogP contribution in [0.4, 0.5) is 10.1 Å². The molecule has 8 heteroatoms. The topological polar surface area (TPSA) is 83.1 Å². The van der Waals surface area contributed by atoms with E-state index in [1.807, 2.05) is 0 Å². The first-order valence-corrected chi connectivity index (χ1v) is 9.96. The van der Waals surface area contributed by atoms with E-state index >= 15 is 0 Å². The predicted molar refractivity (Wildman–Crippen MR) is 119 cm³/mol. The third-order valence-electron chi connectivity index (χ3n) is 4.86. The number of benzene rings is 3. The normalized spacial score (nSPS) is 13.3. The van der Waals surface area contributed by atoms with Gasteiger partial charge in [0.25, 0.3) is 5.91 Å². The average molecular weight is 449 g/mol. The number of Topliss-reactive ketones (excluding diaryl/α,β-unsaturated/α-hetero) is 1. The van der Waals surface area contributed by atoms with Crippen LogP contribution < -0.4 is 24.3 Å². The van der Waals surface area contributed by atoms with Crippen molar-refractivity contribution in [2.75, 3.05) is 26.1 Å². The second kappa shape index (κ2) is 9.44. The van der Waals surface area contributed by atoms with E-state index in [4.69, 9.17) is 18.9 Å². The van der Waals surface area contributed by atoms with E-state index in [0.29, 0.717) is 34.1 Å². The van der Waals surface area contributed by atoms with Crippen molar-refractivity contribution in [2.45, 2.75) is 0 Å². The second-order valence-corrected chi connectivity index (χ2v) is 7.03. The first-order valence-electron chi connectivity index (χ1n) is 9.96. The van der Waals surface area contributed by atoms with E-state index in [1.54, 1.807) is 49.6 Å². The molecule has 168 valence electrons. The van der Waals surface area contributed by atoms with Gasteiger partial charge >= 0.3 is 0 Å². The molecule has 0 aliphatic carbocycles. The van der Waals surface area contributed by atoms with E-state index in [1.165, 1.54) is 31.4 Å². The first kappa shape index (κ1) is 21.9. The standard InChI is InChI=1S/C25H20FNO6/c1-30-20-10-7-15(11-22(20)31-2)12-23-25(29)17-9-8-16(13-21(17)33-23)32-14-24(28)27-19-6-4-3-5-18(19)26/h3-13H,14H2,1-2H3,(H,27,28). The van der Waals surface area contributed by atoms with Crippen molar-refractivity contribution in [3.8, 4) is 23.0 Å². The molecule has 0 saturated heterocycles. The van der Waals surface area contributed by atoms with Gasteiger partial charge in [-0.05, 0) is 48.0 Å². The average Bonchev–Trinajstić information content (AvgIpc) is 3.13. The summed E-state index contributed by atoms with van der Waals surface area (Å²) in [5.74, 6) is 0.559. The van der Waals surface area contributed by atoms with Gasteiger partial charge in [-0.25, -0.2) is 4.39 Å². The largest absolute Gasteiger partial charge is 0.493 e. The van der Waals surface area contributed by atoms with Crippen molar-refractivity contribution in [2.24, 2.45) is 0 Å². The molecule has 33 heavy (non-hydrogen) atoms. The van der Waals surface area contributed by atoms with E-state index in [0.717, 1.165) is 0 Å². The minimum atomic E-state index is -0.538. The number of amides is 1. The second-order valence-electron chi connectivity index (χ2n) is 7.03. The molecule has 0 aromatic heterocycles. The third-order valence-corrected chi connectivity index (χ3v) is 4.86. The van der Waals surface area contributed by atoms with Gasteiger partial charge in [0, 0.05) is 6.07 Å². The summed E-state index contributed by atoms with van der Waals surface area (Å²) in [5, 5.41) is 2.44. The summed E-state index contributed by atoms with van der Waals surface area (Å²) < 4.78 is 35.4. The van der Waals surface area contributed by atoms with Crippen LogP contribution >= 0.6 is 0 Å². The van der Waals surface area contributed by atoms with Gasteiger partial charge in [0.05, 0.1) is 25.5 Å². The number of carbonyl (C=O) groups excluding carboxylic acids is 2. The number of halogens is 1. The molecule has 0 bridgehead atoms. The van der Waals surface area contributed by atoms with E-state index < -0.39 is 11.7 Å². The molecule has 1 N–H and O–H groups in total. The molecule has 4 rings (SSSR count). The van der Waals surface area contributed by atoms with Gasteiger partial charge in [-0.3, -0.25) is 9.59 Å². The van der Waals surface area contributed by atoms with Gasteiger partial charge in [-0.2, -0.15) is 0 Å². The Balaban J connectivity index is 1.44. The summed E-state index contributed by atoms with van der Waals surface area (Å²) in [4.78, 5) is 24.8. The maximum Gasteiger partial charge on any atom is 0.262 e. The van der Waals surface area contributed by atoms with Crippen molar-refractivity contribution in [1.82, 2.24) is 0 Å². The number of hydrogen-bond donors (Lipinski definition) is 1. The summed E-state index contributed by atoms with van der Waals surface area (Å²) in [7, 11) is 3.07. The molecule has 0 fully saturated rings. The van der Waals surface area contributed by atoms with Crippen LogP contribution in [0.3, 0.4) is 0 Å². The van der Waals surface area contributed by atoms with Crippen LogP contribution in [0.25, 0.3) is 6.08 Å². The molecule has 0 saturated carbocycles. The van der Waals surface area contributed by atoms with Crippen LogP contribution in [-0.4, -0.2) is 32.5 Å². The smallest absolute Gasteiger partial charge is 0.262 e. The fourth-order valence-electron chi connectivity index (χ4n) is 3.25. The zero-order valence-electron chi connectivity index (χ0n) is 17.9. The number of anilines is 1. The van der Waals surface area contributed by atoms with Gasteiger partial charge in [0.1, 0.15) is 17.3 Å². The van der Waals surface area contributed by atoms with Gasteiger partial charge < -0.3 is 24.3 Å². The fourth-order valence-corrected chi connectivity index (χ4v) is 3.25. The van der Waals surface area contributed by atoms with Crippen LogP contribution in [0, 0.1) is 5.82 Å². The summed E-state index contributed by atoms with van der Waals surface area (Å²) in [6.07, 6.45) is 1.60. The highest BCUT2D eigenvalue weighted by Crippen LogP contribution is 2.36. The Labute approximate surface area is 189 Å². The van der Waals surface area contributed by atoms with Crippen LogP contribution in [0.1, 0.15) is 15.9 Å². The molecular weight excluding hydrogens is 429 g/mol. The van der Waals surface area contributed by atoms with Gasteiger partial charge in [-0.15, -0.1) is 0 Å². The number of ketones is 1. The molecule has 0 atom stereocenters. The number of rotatable bonds is 7. The number of nitrogens with one attached hydrogen (secondary N) is 1. The molecule has 0 spiro atoms. The van der Waals surface area contributed by atoms with Crippen molar-refractivity contribution in [1.29, 1.82) is 0 Å². The highest BCUT2D eigenvalue weighted by atomic mass is 19.1. The van der Waals surface area contributed by atoms with Crippen molar-refractivity contribution in [3.05, 3.63) is 83.4 Å². The summed E-state index contributed by atoms with van der Waals surface area (Å²) in [6, 6.07) is 15.7. The van der Waals surface area contributed by atoms with Crippen LogP contribution in [0.5, 0.6) is 23.0 Å². The maximum absolute atomic E-state index is 13.7. The molecule has 3 aromatic rings. The Kier molecular flexibility index (Phi) is 6.26. The van der Waals surface area contributed by atoms with Crippen LogP contribution in [0.15, 0.2) is 66.4 Å². The monoisotopic (exact) mass is 449 g/mol. The molecule has 1 heterocycles. The lowest BCUT2D eigenvalue weighted by Gasteiger charge is -2.09. The van der Waals surface area contributed by atoms with Crippen LogP contribution in [0.2, 0.25) is 0 Å². The third kappa shape index (κ3) is 4.79. The lowest BCUT2D eigenvalue weighted by molar-refractivity contribution is -0.118. The number of hydrogen-bond acceptors (Lipinski definition) is 6. The Morgan fingerprint density at radius 3 is 2.58 bits per heavy atom. The van der Waals surface area contributed by atoms with E-state index in [-0.39, 0.29) is 23.8 Å². The summed E-state index contributed by atoms with van der Waals surface area (Å²) >= 11 is 0. The Morgan fingerprint density at radius 2 is 1.82 bits per heavy atom. The van der Waals surface area contributed by atoms with Crippen molar-refractivity contribution >= 4 is 23.5 Å². The molecule has 1 aliphatic heterocycles. The van der Waals surface area contributed by atoms with Crippen molar-refractivity contribution < 1.29 is 32.9 Å². The zero-order valence-corrected chi connectivity index (χ0v) is 17.9. The SMILES string of the molecule is COc1ccc(C=C2Oc3cc(OCC(=O)Nc4ccccc4F)ccc3C2=O)cc1OC. The Morgan fingerprint density at radius 1 is 1.03 bits per heavy atom. The minimum Gasteiger partial charge on any atom is -0.493 e. The molecule has 1 aliphatic rings. The summed E-state index contributed by atoms with van der Waals surface area (Å²) in [6.45, 7) is -0.338. The number of carbonyl (C=O) groups is 2. The van der Waals surface area contributed by atoms with Crippen molar-refractivity contribution in [3.63, 3.8) is 0 Å². The molecule has 0 unspecified atom stereocenters. The van der Waals surface area contributed by atoms with Gasteiger partial charge in [0.2, 0.25) is 5.78 Å². The molecule has 1 amide bonds. The highest BCUT2D eigenvalue weighted by molar-refractivity contribution is 6.14. The fraction of sp³-hybridized carbons (Fsp3) is 0.120. The van der Waals surface area contributed by atoms with E-state index in [9.17, 15) is 14.0 Å². The predicted octanol–water partition coefficient (Wildman–Crippen LogP) is 4.48. The molecule has 0 radical (unpaired) electrons. The van der Waals surface area contributed by atoms with Gasteiger partial charge in [0.15, 0.2) is 23.9 Å². The lowest BCUT2D eigenvalue weighted by atomic mass is 10.1. The minimum absolute atomic E-state index is 0.0684. The number of ether oxygens (including phenoxy) is 4. The van der Waals surface area contributed by atoms with Crippen LogP contribution in [-0.2, 0) is 4.79 Å². The zero-order chi connectivity index (χ0) is 23.4. The Hall–Kier alpha value is -4.33. The van der Waals surface area contributed by atoms with Gasteiger partial charge in [-0.1, -0.05) is 18.2 Å². The number of allylic oxidation sites excluding steroid dienone is 1. The number of para-hydroxylation sites is 1. The number of methoxy groups -OCH3 is 2. The Bertz CT molecular complexity index is 1250. The summed E-state index contributed by atoms with van der Waals surface area (Å²) in [5.41, 5.74) is 1.15. The molecule has 7 nitrogen and oxygen atoms in total. The number of fused-ring (bicyclic) bond motifs is 1. The molecular formula is C25H20FNO6. The first-order chi connectivity index (χ1) is 16.0. The van der Waals surface area contributed by atoms with E-state index in [2.05, 4.69) is 5.32 Å². The quantitative estimate of drug-likeness (QED) is 0.536. The highest BCUT2D eigenvalue weighted by Gasteiger charge is 2.28. The maximum atomic E-state index is 13.7. The lowest BCUT2D eigenvalue weighted by Crippen LogP contribution is -2.20.